The highest BCUT2D eigenvalue weighted by molar-refractivity contribution is 5.92. The van der Waals surface area contributed by atoms with Crippen LogP contribution in [-0.2, 0) is 0 Å². The van der Waals surface area contributed by atoms with E-state index >= 15 is 0 Å². The van der Waals surface area contributed by atoms with E-state index in [9.17, 15) is 4.79 Å². The number of rotatable bonds is 4. The Morgan fingerprint density at radius 3 is 2.68 bits per heavy atom. The van der Waals surface area contributed by atoms with Gasteiger partial charge in [0.05, 0.1) is 11.9 Å². The van der Waals surface area contributed by atoms with E-state index < -0.39 is 0 Å². The van der Waals surface area contributed by atoms with Gasteiger partial charge < -0.3 is 4.90 Å². The quantitative estimate of drug-likeness (QED) is 0.858. The fourth-order valence-electron chi connectivity index (χ4n) is 4.34. The molecule has 4 rings (SSSR count). The number of para-hydroxylation sites is 1. The van der Waals surface area contributed by atoms with Crippen LogP contribution in [0.25, 0.3) is 5.69 Å². The SMILES string of the molecule is CCN1CCC[C@H]1[C@H]1CCCN1C(=O)c1cn(-c2ccccc2)nn1. The summed E-state index contributed by atoms with van der Waals surface area (Å²) in [6.07, 6.45) is 6.36. The van der Waals surface area contributed by atoms with Crippen LogP contribution in [0.4, 0.5) is 0 Å². The van der Waals surface area contributed by atoms with E-state index in [0.29, 0.717) is 17.8 Å². The summed E-state index contributed by atoms with van der Waals surface area (Å²) in [6.45, 7) is 5.26. The van der Waals surface area contributed by atoms with Gasteiger partial charge in [-0.05, 0) is 50.9 Å². The Labute approximate surface area is 148 Å². The lowest BCUT2D eigenvalue weighted by atomic mass is 10.0. The minimum absolute atomic E-state index is 0.0210. The highest BCUT2D eigenvalue weighted by Gasteiger charge is 2.39. The monoisotopic (exact) mass is 339 g/mol. The van der Waals surface area contributed by atoms with Gasteiger partial charge in [0.15, 0.2) is 5.69 Å². The first kappa shape index (κ1) is 16.3. The first-order chi connectivity index (χ1) is 12.3. The number of likely N-dealkylation sites (N-methyl/N-ethyl adjacent to an activating group) is 1. The lowest BCUT2D eigenvalue weighted by molar-refractivity contribution is 0.0644. The zero-order chi connectivity index (χ0) is 17.2. The van der Waals surface area contributed by atoms with Gasteiger partial charge in [-0.15, -0.1) is 5.10 Å². The van der Waals surface area contributed by atoms with E-state index in [1.807, 2.05) is 35.2 Å². The number of carbonyl (C=O) groups is 1. The Morgan fingerprint density at radius 2 is 1.88 bits per heavy atom. The first-order valence-electron chi connectivity index (χ1n) is 9.30. The lowest BCUT2D eigenvalue weighted by Crippen LogP contribution is -2.48. The van der Waals surface area contributed by atoms with Crippen molar-refractivity contribution in [2.45, 2.75) is 44.7 Å². The van der Waals surface area contributed by atoms with Gasteiger partial charge in [0.25, 0.3) is 5.91 Å². The molecule has 3 heterocycles. The summed E-state index contributed by atoms with van der Waals surface area (Å²) >= 11 is 0. The molecule has 0 N–H and O–H groups in total. The van der Waals surface area contributed by atoms with Gasteiger partial charge in [0, 0.05) is 18.6 Å². The number of benzene rings is 1. The number of hydrogen-bond donors (Lipinski definition) is 0. The molecule has 2 aliphatic heterocycles. The number of amides is 1. The Morgan fingerprint density at radius 1 is 1.12 bits per heavy atom. The topological polar surface area (TPSA) is 54.3 Å². The molecule has 25 heavy (non-hydrogen) atoms. The fraction of sp³-hybridized carbons (Fsp3) is 0.526. The molecule has 2 atom stereocenters. The first-order valence-corrected chi connectivity index (χ1v) is 9.30. The van der Waals surface area contributed by atoms with E-state index in [2.05, 4.69) is 22.1 Å². The lowest BCUT2D eigenvalue weighted by Gasteiger charge is -2.34. The van der Waals surface area contributed by atoms with Crippen molar-refractivity contribution in [3.63, 3.8) is 0 Å². The molecule has 1 aromatic heterocycles. The van der Waals surface area contributed by atoms with Crippen LogP contribution in [0.3, 0.4) is 0 Å². The van der Waals surface area contributed by atoms with Gasteiger partial charge in [0.1, 0.15) is 0 Å². The predicted octanol–water partition coefficient (Wildman–Crippen LogP) is 2.36. The zero-order valence-electron chi connectivity index (χ0n) is 14.7. The van der Waals surface area contributed by atoms with Crippen molar-refractivity contribution >= 4 is 5.91 Å². The number of aromatic nitrogens is 3. The minimum atomic E-state index is 0.0210. The summed E-state index contributed by atoms with van der Waals surface area (Å²) in [6, 6.07) is 10.6. The van der Waals surface area contributed by atoms with Crippen molar-refractivity contribution in [3.8, 4) is 5.69 Å². The van der Waals surface area contributed by atoms with Gasteiger partial charge in [-0.3, -0.25) is 9.69 Å². The molecule has 0 unspecified atom stereocenters. The highest BCUT2D eigenvalue weighted by atomic mass is 16.2. The van der Waals surface area contributed by atoms with Crippen molar-refractivity contribution in [3.05, 3.63) is 42.2 Å². The van der Waals surface area contributed by atoms with Crippen molar-refractivity contribution < 1.29 is 4.79 Å². The zero-order valence-corrected chi connectivity index (χ0v) is 14.7. The van der Waals surface area contributed by atoms with Crippen LogP contribution in [0.1, 0.15) is 43.1 Å². The molecule has 6 nitrogen and oxygen atoms in total. The molecule has 2 saturated heterocycles. The molecule has 0 aliphatic carbocycles. The van der Waals surface area contributed by atoms with Crippen molar-refractivity contribution in [1.29, 1.82) is 0 Å². The maximum atomic E-state index is 13.0. The number of carbonyl (C=O) groups excluding carboxylic acids is 1. The summed E-state index contributed by atoms with van der Waals surface area (Å²) in [4.78, 5) is 17.6. The molecule has 0 radical (unpaired) electrons. The van der Waals surface area contributed by atoms with Gasteiger partial charge in [-0.2, -0.15) is 0 Å². The second kappa shape index (κ2) is 6.96. The molecular weight excluding hydrogens is 314 g/mol. The highest BCUT2D eigenvalue weighted by Crippen LogP contribution is 2.30. The number of likely N-dealkylation sites (tertiary alicyclic amines) is 2. The molecule has 2 fully saturated rings. The second-order valence-corrected chi connectivity index (χ2v) is 6.93. The van der Waals surface area contributed by atoms with E-state index in [0.717, 1.165) is 38.2 Å². The standard InChI is InChI=1S/C19H25N5O/c1-2-22-12-6-10-17(22)18-11-7-13-23(18)19(25)16-14-24(21-20-16)15-8-4-3-5-9-15/h3-5,8-9,14,17-18H,2,6-7,10-13H2,1H3/t17-,18+/m0/s1. The van der Waals surface area contributed by atoms with E-state index in [1.54, 1.807) is 10.9 Å². The van der Waals surface area contributed by atoms with Gasteiger partial charge in [-0.25, -0.2) is 4.68 Å². The van der Waals surface area contributed by atoms with Crippen LogP contribution in [0.15, 0.2) is 36.5 Å². The van der Waals surface area contributed by atoms with Gasteiger partial charge in [0.2, 0.25) is 0 Å². The third-order valence-electron chi connectivity index (χ3n) is 5.56. The Bertz CT molecular complexity index is 728. The van der Waals surface area contributed by atoms with E-state index in [4.69, 9.17) is 0 Å². The third-order valence-corrected chi connectivity index (χ3v) is 5.56. The van der Waals surface area contributed by atoms with Crippen LogP contribution >= 0.6 is 0 Å². The summed E-state index contributed by atoms with van der Waals surface area (Å²) in [5.41, 5.74) is 1.36. The summed E-state index contributed by atoms with van der Waals surface area (Å²) in [5, 5.41) is 8.29. The summed E-state index contributed by atoms with van der Waals surface area (Å²) in [7, 11) is 0. The smallest absolute Gasteiger partial charge is 0.276 e. The fourth-order valence-corrected chi connectivity index (χ4v) is 4.34. The normalized spacial score (nSPS) is 24.1. The summed E-state index contributed by atoms with van der Waals surface area (Å²) in [5.74, 6) is 0.0210. The molecule has 132 valence electrons. The molecular formula is C19H25N5O. The maximum Gasteiger partial charge on any atom is 0.276 e. The summed E-state index contributed by atoms with van der Waals surface area (Å²) < 4.78 is 1.67. The average molecular weight is 339 g/mol. The predicted molar refractivity (Wildman–Crippen MR) is 95.7 cm³/mol. The van der Waals surface area contributed by atoms with E-state index in [1.165, 1.54) is 12.8 Å². The third kappa shape index (κ3) is 3.06. The second-order valence-electron chi connectivity index (χ2n) is 6.93. The molecule has 2 aliphatic rings. The van der Waals surface area contributed by atoms with Crippen molar-refractivity contribution in [2.24, 2.45) is 0 Å². The van der Waals surface area contributed by atoms with Crippen LogP contribution < -0.4 is 0 Å². The van der Waals surface area contributed by atoms with Crippen LogP contribution in [-0.4, -0.2) is 62.4 Å². The Kier molecular flexibility index (Phi) is 4.53. The van der Waals surface area contributed by atoms with Crippen LogP contribution in [0, 0.1) is 0 Å². The largest absolute Gasteiger partial charge is 0.333 e. The molecule has 6 heteroatoms. The maximum absolute atomic E-state index is 13.0. The molecule has 1 amide bonds. The minimum Gasteiger partial charge on any atom is -0.333 e. The Hall–Kier alpha value is -2.21. The average Bonchev–Trinajstić information content (AvgIpc) is 3.41. The van der Waals surface area contributed by atoms with Gasteiger partial charge in [-0.1, -0.05) is 30.3 Å². The molecule has 1 aromatic carbocycles. The molecule has 2 aromatic rings. The van der Waals surface area contributed by atoms with Crippen molar-refractivity contribution in [2.75, 3.05) is 19.6 Å². The van der Waals surface area contributed by atoms with Gasteiger partial charge >= 0.3 is 0 Å². The molecule has 0 spiro atoms. The Balaban J connectivity index is 1.53. The number of nitrogens with zero attached hydrogens (tertiary/aromatic N) is 5. The number of hydrogen-bond acceptors (Lipinski definition) is 4. The molecule has 0 saturated carbocycles. The van der Waals surface area contributed by atoms with E-state index in [-0.39, 0.29) is 5.91 Å². The van der Waals surface area contributed by atoms with Crippen molar-refractivity contribution in [1.82, 2.24) is 24.8 Å². The van der Waals surface area contributed by atoms with Crippen LogP contribution in [0.2, 0.25) is 0 Å². The molecule has 0 bridgehead atoms. The van der Waals surface area contributed by atoms with Crippen LogP contribution in [0.5, 0.6) is 0 Å².